The van der Waals surface area contributed by atoms with E-state index in [4.69, 9.17) is 0 Å². The molecule has 224 valence electrons. The molecule has 1 N–H and O–H groups in total. The van der Waals surface area contributed by atoms with E-state index < -0.39 is 33.8 Å². The molecule has 0 saturated heterocycles. The van der Waals surface area contributed by atoms with E-state index in [1.54, 1.807) is 16.9 Å². The quantitative estimate of drug-likeness (QED) is 0.171. The Kier molecular flexibility index (Phi) is 7.02. The number of hydrogen-bond acceptors (Lipinski definition) is 6. The number of anilines is 1. The number of aromatic nitrogens is 5. The van der Waals surface area contributed by atoms with E-state index in [9.17, 15) is 23.7 Å². The van der Waals surface area contributed by atoms with Crippen LogP contribution in [0.2, 0.25) is 0 Å². The van der Waals surface area contributed by atoms with Crippen LogP contribution in [0, 0.1) is 27.6 Å². The molecule has 6 rings (SSSR count). The third kappa shape index (κ3) is 5.21. The number of benzene rings is 3. The van der Waals surface area contributed by atoms with E-state index in [0.29, 0.717) is 18.4 Å². The zero-order valence-electron chi connectivity index (χ0n) is 23.9. The number of carbonyl (C=O) groups excluding carboxylic acids is 1. The Morgan fingerprint density at radius 3 is 2.55 bits per heavy atom. The number of nitrogens with one attached hydrogen (secondary N) is 1. The lowest BCUT2D eigenvalue weighted by Crippen LogP contribution is -2.22. The smallest absolute Gasteiger partial charge is 0.272 e. The summed E-state index contributed by atoms with van der Waals surface area (Å²) in [6.07, 6.45) is 4.11. The molecule has 0 radical (unpaired) electrons. The number of hydrogen-bond donors (Lipinski definition) is 1. The molecule has 0 spiro atoms. The molecule has 13 heteroatoms. The van der Waals surface area contributed by atoms with Crippen molar-refractivity contribution in [3.63, 3.8) is 0 Å². The van der Waals surface area contributed by atoms with E-state index in [0.717, 1.165) is 17.7 Å². The summed E-state index contributed by atoms with van der Waals surface area (Å²) in [5.74, 6) is -2.87. The molecule has 10 nitrogen and oxygen atoms in total. The second kappa shape index (κ2) is 10.7. The highest BCUT2D eigenvalue weighted by Gasteiger charge is 2.31. The summed E-state index contributed by atoms with van der Waals surface area (Å²) in [6.45, 7) is 5.58. The average Bonchev–Trinajstić information content (AvgIpc) is 3.72. The van der Waals surface area contributed by atoms with Gasteiger partial charge in [-0.05, 0) is 69.5 Å². The minimum absolute atomic E-state index is 0.0253. The van der Waals surface area contributed by atoms with Gasteiger partial charge in [0.15, 0.2) is 0 Å². The molecular formula is C31H26F3N7O3. The fraction of sp³-hybridized carbons (Fsp3) is 0.226. The molecule has 1 atom stereocenters. The molecule has 1 aliphatic rings. The Hall–Kier alpha value is -5.33. The topological polar surface area (TPSA) is 121 Å². The van der Waals surface area contributed by atoms with Crippen LogP contribution < -0.4 is 5.32 Å². The Bertz CT molecular complexity index is 1940. The molecule has 1 aliphatic carbocycles. The molecule has 0 saturated carbocycles. The second-order valence-corrected chi connectivity index (χ2v) is 11.5. The molecule has 1 amide bonds. The Morgan fingerprint density at radius 2 is 1.82 bits per heavy atom. The van der Waals surface area contributed by atoms with Gasteiger partial charge in [-0.2, -0.15) is 5.10 Å². The molecule has 44 heavy (non-hydrogen) atoms. The average molecular weight is 602 g/mol. The van der Waals surface area contributed by atoms with Crippen LogP contribution in [0.3, 0.4) is 0 Å². The highest BCUT2D eigenvalue weighted by Crippen LogP contribution is 2.39. The predicted octanol–water partition coefficient (Wildman–Crippen LogP) is 6.68. The zero-order valence-corrected chi connectivity index (χ0v) is 23.9. The van der Waals surface area contributed by atoms with Crippen LogP contribution in [0.15, 0.2) is 67.0 Å². The largest absolute Gasteiger partial charge is 0.322 e. The first kappa shape index (κ1) is 28.8. The van der Waals surface area contributed by atoms with E-state index in [-0.39, 0.29) is 45.5 Å². The van der Waals surface area contributed by atoms with Gasteiger partial charge in [0.25, 0.3) is 11.6 Å². The lowest BCUT2D eigenvalue weighted by atomic mass is 10.1. The Balaban J connectivity index is 1.30. The second-order valence-electron chi connectivity index (χ2n) is 11.5. The number of fused-ring (bicyclic) bond motifs is 1. The third-order valence-corrected chi connectivity index (χ3v) is 7.57. The van der Waals surface area contributed by atoms with Crippen LogP contribution >= 0.6 is 0 Å². The van der Waals surface area contributed by atoms with Gasteiger partial charge in [0, 0.05) is 40.7 Å². The summed E-state index contributed by atoms with van der Waals surface area (Å²) in [5, 5.41) is 26.9. The molecule has 5 aromatic rings. The van der Waals surface area contributed by atoms with Gasteiger partial charge in [-0.3, -0.25) is 19.6 Å². The number of nitrogens with zero attached hydrogens (tertiary/aromatic N) is 6. The monoisotopic (exact) mass is 601 g/mol. The van der Waals surface area contributed by atoms with Crippen molar-refractivity contribution in [2.75, 3.05) is 5.32 Å². The van der Waals surface area contributed by atoms with Crippen molar-refractivity contribution in [2.24, 2.45) is 0 Å². The normalized spacial score (nSPS) is 14.5. The predicted molar refractivity (Wildman–Crippen MR) is 156 cm³/mol. The van der Waals surface area contributed by atoms with Crippen LogP contribution in [-0.2, 0) is 12.0 Å². The molecule has 3 aromatic carbocycles. The van der Waals surface area contributed by atoms with Crippen LogP contribution in [0.4, 0.5) is 24.5 Å². The van der Waals surface area contributed by atoms with Crippen LogP contribution in [-0.4, -0.2) is 35.6 Å². The van der Waals surface area contributed by atoms with Crippen LogP contribution in [0.5, 0.6) is 0 Å². The van der Waals surface area contributed by atoms with Gasteiger partial charge in [0.1, 0.15) is 28.8 Å². The molecule has 0 fully saturated rings. The maximum atomic E-state index is 15.0. The van der Waals surface area contributed by atoms with Crippen molar-refractivity contribution in [2.45, 2.75) is 45.2 Å². The fourth-order valence-electron chi connectivity index (χ4n) is 5.37. The summed E-state index contributed by atoms with van der Waals surface area (Å²) >= 11 is 0. The van der Waals surface area contributed by atoms with Crippen molar-refractivity contribution in [3.05, 3.63) is 111 Å². The molecule has 0 unspecified atom stereocenters. The molecule has 2 aromatic heterocycles. The van der Waals surface area contributed by atoms with Gasteiger partial charge in [-0.25, -0.2) is 17.9 Å². The van der Waals surface area contributed by atoms with Crippen molar-refractivity contribution < 1.29 is 22.9 Å². The number of nitro groups is 1. The van der Waals surface area contributed by atoms with Crippen molar-refractivity contribution >= 4 is 17.3 Å². The summed E-state index contributed by atoms with van der Waals surface area (Å²) < 4.78 is 46.4. The van der Waals surface area contributed by atoms with Crippen LogP contribution in [0.25, 0.3) is 22.5 Å². The number of halogens is 3. The van der Waals surface area contributed by atoms with E-state index in [2.05, 4.69) is 20.7 Å². The maximum absolute atomic E-state index is 15.0. The van der Waals surface area contributed by atoms with Gasteiger partial charge in [0.2, 0.25) is 0 Å². The summed E-state index contributed by atoms with van der Waals surface area (Å²) in [6, 6.07) is 11.6. The number of nitro benzene ring substituents is 1. The van der Waals surface area contributed by atoms with Gasteiger partial charge < -0.3 is 5.32 Å². The first-order valence-electron chi connectivity index (χ1n) is 13.8. The van der Waals surface area contributed by atoms with Gasteiger partial charge in [-0.1, -0.05) is 17.3 Å². The summed E-state index contributed by atoms with van der Waals surface area (Å²) in [5.41, 5.74) is 1.43. The lowest BCUT2D eigenvalue weighted by Gasteiger charge is -2.18. The zero-order chi connectivity index (χ0) is 31.3. The minimum atomic E-state index is -0.871. The van der Waals surface area contributed by atoms with Crippen molar-refractivity contribution in [1.29, 1.82) is 0 Å². The first-order chi connectivity index (χ1) is 20.9. The van der Waals surface area contributed by atoms with Crippen molar-refractivity contribution in [3.8, 4) is 22.5 Å². The van der Waals surface area contributed by atoms with Gasteiger partial charge >= 0.3 is 0 Å². The number of rotatable bonds is 6. The third-order valence-electron chi connectivity index (χ3n) is 7.57. The number of amides is 1. The Labute approximate surface area is 249 Å². The maximum Gasteiger partial charge on any atom is 0.272 e. The highest BCUT2D eigenvalue weighted by molar-refractivity contribution is 6.08. The minimum Gasteiger partial charge on any atom is -0.322 e. The lowest BCUT2D eigenvalue weighted by molar-refractivity contribution is -0.385. The number of carbonyl (C=O) groups is 1. The van der Waals surface area contributed by atoms with Crippen molar-refractivity contribution in [1.82, 2.24) is 24.8 Å². The van der Waals surface area contributed by atoms with E-state index in [1.165, 1.54) is 41.2 Å². The van der Waals surface area contributed by atoms with E-state index in [1.807, 2.05) is 26.8 Å². The summed E-state index contributed by atoms with van der Waals surface area (Å²) in [7, 11) is 0. The van der Waals surface area contributed by atoms with Crippen LogP contribution in [0.1, 0.15) is 54.7 Å². The van der Waals surface area contributed by atoms with Gasteiger partial charge in [-0.15, -0.1) is 5.10 Å². The molecular weight excluding hydrogens is 575 g/mol. The van der Waals surface area contributed by atoms with Gasteiger partial charge in [0.05, 0.1) is 28.3 Å². The fourth-order valence-corrected chi connectivity index (χ4v) is 5.37. The standard InChI is InChI=1S/C31H26F3N7O3/c1-31(2,3)40-15-23(29(37-40)21-9-7-17(32)13-25(21)34)30(42)35-18-8-11-24(33)22(14-18)26-16-39(38-36-26)27-12-10-20-19(27)5-4-6-28(20)41(43)44/h4-9,11,13-16,27H,10,12H2,1-3H3,(H,35,42)/t27-/m1/s1. The van der Waals surface area contributed by atoms with E-state index >= 15 is 4.39 Å². The Morgan fingerprint density at radius 1 is 1.02 bits per heavy atom. The summed E-state index contributed by atoms with van der Waals surface area (Å²) in [4.78, 5) is 24.5. The molecule has 2 heterocycles. The SMILES string of the molecule is CC(C)(C)n1cc(C(=O)Nc2ccc(F)c(-c3cn([C@@H]4CCc5c4cccc5[N+](=O)[O-])nn3)c2)c(-c2ccc(F)cc2F)n1. The first-order valence-corrected chi connectivity index (χ1v) is 13.8. The molecule has 0 aliphatic heterocycles. The molecule has 0 bridgehead atoms. The highest BCUT2D eigenvalue weighted by atomic mass is 19.1.